The highest BCUT2D eigenvalue weighted by molar-refractivity contribution is 6.29. The van der Waals surface area contributed by atoms with Gasteiger partial charge in [0.05, 0.1) is 27.8 Å². The highest BCUT2D eigenvalue weighted by Crippen LogP contribution is 2.44. The van der Waals surface area contributed by atoms with Gasteiger partial charge in [0.1, 0.15) is 0 Å². The van der Waals surface area contributed by atoms with Crippen molar-refractivity contribution in [1.82, 2.24) is 24.1 Å². The Morgan fingerprint density at radius 1 is 0.250 bits per heavy atom. The van der Waals surface area contributed by atoms with E-state index in [0.717, 1.165) is 60.8 Å². The van der Waals surface area contributed by atoms with Gasteiger partial charge in [-0.3, -0.25) is 4.57 Å². The summed E-state index contributed by atoms with van der Waals surface area (Å²) in [5, 5.41) is 12.3. The van der Waals surface area contributed by atoms with Crippen molar-refractivity contribution in [2.75, 3.05) is 0 Å². The van der Waals surface area contributed by atoms with Crippen LogP contribution in [0.1, 0.15) is 0 Å². The third-order valence-corrected chi connectivity index (χ3v) is 13.8. The fourth-order valence-corrected chi connectivity index (χ4v) is 10.8. The van der Waals surface area contributed by atoms with E-state index in [4.69, 9.17) is 15.0 Å². The fourth-order valence-electron chi connectivity index (χ4n) is 10.8. The monoisotopic (exact) mass is 865 g/mol. The van der Waals surface area contributed by atoms with Gasteiger partial charge in [-0.2, -0.15) is 9.97 Å². The topological polar surface area (TPSA) is 48.5 Å². The molecule has 0 spiro atoms. The van der Waals surface area contributed by atoms with Crippen LogP contribution < -0.4 is 0 Å². The zero-order valence-corrected chi connectivity index (χ0v) is 36.8. The molecule has 0 saturated carbocycles. The van der Waals surface area contributed by atoms with Crippen molar-refractivity contribution in [3.05, 3.63) is 237 Å². The number of nitrogens with zero attached hydrogens (tertiary/aromatic N) is 5. The average molecular weight is 866 g/mol. The first-order valence-corrected chi connectivity index (χ1v) is 23.1. The number of hydrogen-bond acceptors (Lipinski definition) is 3. The number of fused-ring (bicyclic) bond motifs is 13. The lowest BCUT2D eigenvalue weighted by Crippen LogP contribution is -2.06. The van der Waals surface area contributed by atoms with Crippen molar-refractivity contribution in [3.63, 3.8) is 0 Å². The van der Waals surface area contributed by atoms with Crippen LogP contribution >= 0.6 is 0 Å². The molecule has 0 aliphatic heterocycles. The molecule has 0 amide bonds. The van der Waals surface area contributed by atoms with E-state index >= 15 is 0 Å². The Bertz CT molecular complexity index is 4280. The number of para-hydroxylation sites is 3. The van der Waals surface area contributed by atoms with Gasteiger partial charge >= 0.3 is 0 Å². The normalized spacial score (nSPS) is 11.8. The highest BCUT2D eigenvalue weighted by Gasteiger charge is 2.24. The van der Waals surface area contributed by atoms with Gasteiger partial charge in [-0.1, -0.05) is 194 Å². The molecule has 316 valence electrons. The van der Waals surface area contributed by atoms with E-state index in [0.29, 0.717) is 17.6 Å². The Kier molecular flexibility index (Phi) is 8.52. The average Bonchev–Trinajstić information content (AvgIpc) is 3.94. The predicted octanol–water partition coefficient (Wildman–Crippen LogP) is 16.2. The van der Waals surface area contributed by atoms with E-state index in [9.17, 15) is 0 Å². The van der Waals surface area contributed by atoms with Crippen LogP contribution in [-0.2, 0) is 0 Å². The summed E-state index contributed by atoms with van der Waals surface area (Å²) in [5.74, 6) is 1.79. The summed E-state index contributed by atoms with van der Waals surface area (Å²) in [6, 6.07) is 84.6. The molecule has 5 nitrogen and oxygen atoms in total. The molecule has 0 saturated heterocycles. The van der Waals surface area contributed by atoms with Crippen molar-refractivity contribution in [1.29, 1.82) is 0 Å². The molecule has 0 fully saturated rings. The fraction of sp³-hybridized carbons (Fsp3) is 0. The van der Waals surface area contributed by atoms with Gasteiger partial charge in [0.2, 0.25) is 5.95 Å². The first kappa shape index (κ1) is 38.1. The van der Waals surface area contributed by atoms with Crippen LogP contribution in [0, 0.1) is 0 Å². The minimum Gasteiger partial charge on any atom is -0.309 e. The molecule has 3 aromatic heterocycles. The molecule has 0 aliphatic carbocycles. The van der Waals surface area contributed by atoms with Crippen molar-refractivity contribution in [3.8, 4) is 56.7 Å². The summed E-state index contributed by atoms with van der Waals surface area (Å²) in [5.41, 5.74) is 11.9. The van der Waals surface area contributed by atoms with E-state index in [1.54, 1.807) is 0 Å². The Balaban J connectivity index is 1.01. The summed E-state index contributed by atoms with van der Waals surface area (Å²) in [4.78, 5) is 15.8. The van der Waals surface area contributed by atoms with E-state index in [1.807, 2.05) is 24.3 Å². The first-order chi connectivity index (χ1) is 33.7. The molecule has 0 aliphatic rings. The van der Waals surface area contributed by atoms with Gasteiger partial charge in [0, 0.05) is 38.2 Å². The van der Waals surface area contributed by atoms with E-state index in [-0.39, 0.29) is 0 Å². The Morgan fingerprint density at radius 3 is 1.38 bits per heavy atom. The number of aromatic nitrogens is 5. The summed E-state index contributed by atoms with van der Waals surface area (Å²) < 4.78 is 4.69. The van der Waals surface area contributed by atoms with Crippen LogP contribution in [-0.4, -0.2) is 24.1 Å². The van der Waals surface area contributed by atoms with E-state index in [1.165, 1.54) is 54.2 Å². The molecule has 3 heterocycles. The second-order valence-electron chi connectivity index (χ2n) is 17.5. The van der Waals surface area contributed by atoms with Gasteiger partial charge in [0.15, 0.2) is 11.6 Å². The molecule has 0 radical (unpaired) electrons. The zero-order valence-electron chi connectivity index (χ0n) is 36.8. The second-order valence-corrected chi connectivity index (χ2v) is 17.5. The molecule has 0 atom stereocenters. The van der Waals surface area contributed by atoms with Crippen LogP contribution in [0.3, 0.4) is 0 Å². The van der Waals surface area contributed by atoms with Gasteiger partial charge in [0.25, 0.3) is 0 Å². The largest absolute Gasteiger partial charge is 0.309 e. The summed E-state index contributed by atoms with van der Waals surface area (Å²) >= 11 is 0. The SMILES string of the molecule is c1ccc(-c2cccc(-c3nc(-c4ccccc4)nc(-n4c5ccccc5c5c6c7ccccc7n(-c7ccccc7-c7ccc8c9ccccc9c9ccccc9c8c7)c6ccc54)n3)c2)cc1. The maximum Gasteiger partial charge on any atom is 0.238 e. The molecule has 68 heavy (non-hydrogen) atoms. The summed E-state index contributed by atoms with van der Waals surface area (Å²) in [7, 11) is 0. The van der Waals surface area contributed by atoms with Crippen molar-refractivity contribution < 1.29 is 0 Å². The third-order valence-electron chi connectivity index (χ3n) is 13.8. The lowest BCUT2D eigenvalue weighted by molar-refractivity contribution is 0.953. The summed E-state index contributed by atoms with van der Waals surface area (Å²) in [6.07, 6.45) is 0. The van der Waals surface area contributed by atoms with Gasteiger partial charge in [-0.25, -0.2) is 4.98 Å². The van der Waals surface area contributed by atoms with Crippen molar-refractivity contribution in [2.24, 2.45) is 0 Å². The van der Waals surface area contributed by atoms with Gasteiger partial charge < -0.3 is 4.57 Å². The first-order valence-electron chi connectivity index (χ1n) is 23.1. The Labute approximate surface area is 391 Å². The molecule has 5 heteroatoms. The molecular weight excluding hydrogens is 827 g/mol. The number of rotatable bonds is 6. The minimum atomic E-state index is 0.565. The van der Waals surface area contributed by atoms with Gasteiger partial charge in [-0.15, -0.1) is 0 Å². The molecule has 0 N–H and O–H groups in total. The molecular formula is C63H39N5. The zero-order chi connectivity index (χ0) is 44.7. The highest BCUT2D eigenvalue weighted by atomic mass is 15.2. The quantitative estimate of drug-likeness (QED) is 0.156. The molecule has 14 aromatic rings. The summed E-state index contributed by atoms with van der Waals surface area (Å²) in [6.45, 7) is 0. The van der Waals surface area contributed by atoms with Crippen molar-refractivity contribution >= 4 is 75.9 Å². The van der Waals surface area contributed by atoms with Crippen LogP contribution in [0.25, 0.3) is 133 Å². The molecule has 14 rings (SSSR count). The maximum atomic E-state index is 5.34. The van der Waals surface area contributed by atoms with Gasteiger partial charge in [-0.05, 0) is 91.5 Å². The number of hydrogen-bond donors (Lipinski definition) is 0. The standard InChI is InChI=1S/C63H39N5/c1-3-18-40(19-4-1)42-22-17-23-44(38-42)62-64-61(41-20-5-2-6-21-41)65-63(66-62)68-56-33-16-13-30-52(56)60-58(68)37-36-57-59(60)51-29-12-15-32-55(51)67(57)54-31-14-11-24-45(54)43-34-35-50-48-27-8-7-25-46(48)47-26-9-10-28-49(47)53(50)39-43/h1-39H. The lowest BCUT2D eigenvalue weighted by Gasteiger charge is -2.16. The molecule has 0 unspecified atom stereocenters. The third kappa shape index (κ3) is 5.86. The second kappa shape index (κ2) is 15.2. The van der Waals surface area contributed by atoms with Crippen LogP contribution in [0.5, 0.6) is 0 Å². The smallest absolute Gasteiger partial charge is 0.238 e. The van der Waals surface area contributed by atoms with Crippen LogP contribution in [0.15, 0.2) is 237 Å². The van der Waals surface area contributed by atoms with E-state index in [2.05, 4.69) is 221 Å². The Hall–Kier alpha value is -9.19. The molecule has 0 bridgehead atoms. The lowest BCUT2D eigenvalue weighted by atomic mass is 9.92. The van der Waals surface area contributed by atoms with Crippen LogP contribution in [0.2, 0.25) is 0 Å². The van der Waals surface area contributed by atoms with E-state index < -0.39 is 0 Å². The molecule has 11 aromatic carbocycles. The maximum absolute atomic E-state index is 5.34. The minimum absolute atomic E-state index is 0.565. The van der Waals surface area contributed by atoms with Crippen LogP contribution in [0.4, 0.5) is 0 Å². The predicted molar refractivity (Wildman–Crippen MR) is 283 cm³/mol. The number of benzene rings is 11. The van der Waals surface area contributed by atoms with Crippen molar-refractivity contribution in [2.45, 2.75) is 0 Å². The Morgan fingerprint density at radius 2 is 0.721 bits per heavy atom.